The van der Waals surface area contributed by atoms with Crippen molar-refractivity contribution in [2.75, 3.05) is 0 Å². The standard InChI is InChI=1S/C24H31FO5/c1-13-9-18-17-6-5-15-10-16(27)7-8-21(15,3)24(17,25)19(28)11-22(18,4)23(13,14(2)26)12-20(29)30/h7-8,10,13,17-19,28H,5-6,9,11-12H2,1-4H3,(H,29,30)/t13-,17+,18+,19+,21+,22+,23-,24+/m1/s1. The van der Waals surface area contributed by atoms with Crippen LogP contribution < -0.4 is 0 Å². The Morgan fingerprint density at radius 2 is 1.93 bits per heavy atom. The molecule has 3 fully saturated rings. The summed E-state index contributed by atoms with van der Waals surface area (Å²) in [4.78, 5) is 36.6. The molecule has 0 aromatic rings. The Bertz CT molecular complexity index is 892. The Morgan fingerprint density at radius 1 is 1.27 bits per heavy atom. The number of carbonyl (C=O) groups is 3. The minimum atomic E-state index is -1.96. The van der Waals surface area contributed by atoms with E-state index in [1.807, 2.05) is 13.8 Å². The van der Waals surface area contributed by atoms with Crippen LogP contribution >= 0.6 is 0 Å². The molecule has 8 atom stereocenters. The van der Waals surface area contributed by atoms with E-state index in [1.54, 1.807) is 13.0 Å². The molecule has 0 radical (unpaired) electrons. The van der Waals surface area contributed by atoms with Crippen molar-refractivity contribution in [3.63, 3.8) is 0 Å². The van der Waals surface area contributed by atoms with Gasteiger partial charge in [-0.25, -0.2) is 4.39 Å². The molecule has 4 rings (SSSR count). The normalized spacial score (nSPS) is 49.7. The average Bonchev–Trinajstić information content (AvgIpc) is 2.85. The van der Waals surface area contributed by atoms with E-state index in [-0.39, 0.29) is 36.2 Å². The number of aliphatic carboxylic acids is 1. The Morgan fingerprint density at radius 3 is 2.53 bits per heavy atom. The third-order valence-electron chi connectivity index (χ3n) is 9.56. The van der Waals surface area contributed by atoms with Gasteiger partial charge in [-0.1, -0.05) is 25.5 Å². The van der Waals surface area contributed by atoms with Gasteiger partial charge in [-0.2, -0.15) is 0 Å². The number of ketones is 2. The molecule has 0 heterocycles. The van der Waals surface area contributed by atoms with Crippen LogP contribution in [-0.2, 0) is 14.4 Å². The largest absolute Gasteiger partial charge is 0.481 e. The lowest BCUT2D eigenvalue weighted by Crippen LogP contribution is -2.68. The second kappa shape index (κ2) is 6.35. The first-order valence-electron chi connectivity index (χ1n) is 10.9. The van der Waals surface area contributed by atoms with E-state index in [2.05, 4.69) is 0 Å². The summed E-state index contributed by atoms with van der Waals surface area (Å²) >= 11 is 0. The van der Waals surface area contributed by atoms with Crippen LogP contribution in [0.4, 0.5) is 4.39 Å². The van der Waals surface area contributed by atoms with E-state index in [9.17, 15) is 24.6 Å². The van der Waals surface area contributed by atoms with Gasteiger partial charge >= 0.3 is 5.97 Å². The first kappa shape index (κ1) is 21.4. The van der Waals surface area contributed by atoms with Crippen molar-refractivity contribution in [2.24, 2.45) is 34.0 Å². The number of rotatable bonds is 3. The van der Waals surface area contributed by atoms with Crippen molar-refractivity contribution >= 4 is 17.5 Å². The van der Waals surface area contributed by atoms with E-state index in [0.29, 0.717) is 24.8 Å². The number of carboxylic acid groups (broad SMARTS) is 1. The summed E-state index contributed by atoms with van der Waals surface area (Å²) in [6.45, 7) is 6.99. The van der Waals surface area contributed by atoms with Crippen molar-refractivity contribution < 1.29 is 29.0 Å². The SMILES string of the molecule is CC(=O)[C@@]1(CC(=O)O)[C@H](C)C[C@H]2[C@@H]3CCC4=CC(=O)C=C[C@]4(C)[C@@]3(F)[C@@H](O)C[C@@]21C. The molecule has 4 aliphatic carbocycles. The molecule has 0 spiro atoms. The first-order chi connectivity index (χ1) is 13.8. The summed E-state index contributed by atoms with van der Waals surface area (Å²) in [5.74, 6) is -2.33. The second-order valence-electron chi connectivity index (χ2n) is 10.5. The molecule has 0 aliphatic heterocycles. The number of hydrogen-bond acceptors (Lipinski definition) is 4. The van der Waals surface area contributed by atoms with Gasteiger partial charge in [-0.3, -0.25) is 14.4 Å². The fraction of sp³-hybridized carbons (Fsp3) is 0.708. The zero-order valence-electron chi connectivity index (χ0n) is 18.1. The highest BCUT2D eigenvalue weighted by Gasteiger charge is 2.75. The van der Waals surface area contributed by atoms with Gasteiger partial charge in [0.2, 0.25) is 0 Å². The van der Waals surface area contributed by atoms with E-state index in [4.69, 9.17) is 0 Å². The molecule has 0 amide bonds. The Balaban J connectivity index is 1.86. The molecule has 3 saturated carbocycles. The van der Waals surface area contributed by atoms with Crippen molar-refractivity contribution in [1.29, 1.82) is 0 Å². The van der Waals surface area contributed by atoms with Crippen molar-refractivity contribution in [2.45, 2.75) is 71.6 Å². The summed E-state index contributed by atoms with van der Waals surface area (Å²) in [5.41, 5.74) is -4.26. The van der Waals surface area contributed by atoms with E-state index in [1.165, 1.54) is 19.1 Å². The summed E-state index contributed by atoms with van der Waals surface area (Å²) in [7, 11) is 0. The average molecular weight is 419 g/mol. The Labute approximate surface area is 176 Å². The summed E-state index contributed by atoms with van der Waals surface area (Å²) in [6, 6.07) is 0. The monoisotopic (exact) mass is 418 g/mol. The molecule has 0 unspecified atom stereocenters. The molecule has 2 N–H and O–H groups in total. The predicted octanol–water partition coefficient (Wildman–Crippen LogP) is 3.65. The van der Waals surface area contributed by atoms with E-state index in [0.717, 1.165) is 0 Å². The van der Waals surface area contributed by atoms with Crippen LogP contribution in [0, 0.1) is 34.0 Å². The van der Waals surface area contributed by atoms with Crippen molar-refractivity contribution in [3.05, 3.63) is 23.8 Å². The van der Waals surface area contributed by atoms with E-state index < -0.39 is 39.9 Å². The van der Waals surface area contributed by atoms with Gasteiger partial charge < -0.3 is 10.2 Å². The number of aliphatic hydroxyl groups is 1. The summed E-state index contributed by atoms with van der Waals surface area (Å²) in [5, 5.41) is 20.9. The zero-order valence-corrected chi connectivity index (χ0v) is 18.1. The maximum atomic E-state index is 17.1. The maximum absolute atomic E-state index is 17.1. The van der Waals surface area contributed by atoms with Gasteiger partial charge in [0.25, 0.3) is 0 Å². The predicted molar refractivity (Wildman–Crippen MR) is 108 cm³/mol. The lowest BCUT2D eigenvalue weighted by molar-refractivity contribution is -0.208. The molecule has 4 aliphatic rings. The van der Waals surface area contributed by atoms with E-state index >= 15 is 4.39 Å². The lowest BCUT2D eigenvalue weighted by Gasteiger charge is -2.63. The molecule has 5 nitrogen and oxygen atoms in total. The van der Waals surface area contributed by atoms with Crippen LogP contribution in [0.5, 0.6) is 0 Å². The van der Waals surface area contributed by atoms with Gasteiger partial charge in [0.15, 0.2) is 11.5 Å². The molecule has 0 saturated heterocycles. The van der Waals surface area contributed by atoms with Crippen LogP contribution in [0.3, 0.4) is 0 Å². The van der Waals surface area contributed by atoms with Gasteiger partial charge in [-0.05, 0) is 68.9 Å². The van der Waals surface area contributed by atoms with Crippen LogP contribution in [0.2, 0.25) is 0 Å². The number of aliphatic hydroxyl groups excluding tert-OH is 1. The van der Waals surface area contributed by atoms with Gasteiger partial charge in [0.05, 0.1) is 12.5 Å². The number of Topliss-reactive ketones (excluding diaryl/α,β-unsaturated/α-hetero) is 1. The second-order valence-corrected chi connectivity index (χ2v) is 10.5. The highest BCUT2D eigenvalue weighted by atomic mass is 19.1. The number of carbonyl (C=O) groups excluding carboxylic acids is 2. The zero-order chi connectivity index (χ0) is 22.3. The number of fused-ring (bicyclic) bond motifs is 5. The van der Waals surface area contributed by atoms with Crippen LogP contribution in [0.1, 0.15) is 59.8 Å². The highest BCUT2D eigenvalue weighted by Crippen LogP contribution is 2.73. The number of hydrogen-bond donors (Lipinski definition) is 2. The smallest absolute Gasteiger partial charge is 0.304 e. The number of allylic oxidation sites excluding steroid dienone is 4. The fourth-order valence-electron chi connectivity index (χ4n) is 8.14. The number of carboxylic acids is 1. The third-order valence-corrected chi connectivity index (χ3v) is 9.56. The number of halogens is 1. The fourth-order valence-corrected chi connectivity index (χ4v) is 8.14. The Hall–Kier alpha value is -1.82. The van der Waals surface area contributed by atoms with Gasteiger partial charge in [0, 0.05) is 16.7 Å². The lowest BCUT2D eigenvalue weighted by atomic mass is 9.43. The quantitative estimate of drug-likeness (QED) is 0.730. The Kier molecular flexibility index (Phi) is 4.53. The van der Waals surface area contributed by atoms with Crippen molar-refractivity contribution in [1.82, 2.24) is 0 Å². The molecule has 164 valence electrons. The molecular weight excluding hydrogens is 387 g/mol. The molecule has 0 bridgehead atoms. The van der Waals surface area contributed by atoms with Gasteiger partial charge in [0.1, 0.15) is 5.78 Å². The highest BCUT2D eigenvalue weighted by molar-refractivity contribution is 6.01. The van der Waals surface area contributed by atoms with Crippen LogP contribution in [-0.4, -0.2) is 39.5 Å². The molecule has 0 aromatic heterocycles. The summed E-state index contributed by atoms with van der Waals surface area (Å²) in [6.07, 6.45) is 4.47. The number of alkyl halides is 1. The first-order valence-corrected chi connectivity index (χ1v) is 10.9. The molecule has 6 heteroatoms. The topological polar surface area (TPSA) is 91.7 Å². The third kappa shape index (κ3) is 2.29. The summed E-state index contributed by atoms with van der Waals surface area (Å²) < 4.78 is 17.1. The minimum Gasteiger partial charge on any atom is -0.481 e. The maximum Gasteiger partial charge on any atom is 0.304 e. The molecular formula is C24H31FO5. The minimum absolute atomic E-state index is 0.0342. The molecule has 30 heavy (non-hydrogen) atoms. The van der Waals surface area contributed by atoms with Crippen LogP contribution in [0.25, 0.3) is 0 Å². The van der Waals surface area contributed by atoms with Crippen LogP contribution in [0.15, 0.2) is 23.8 Å². The molecule has 0 aromatic carbocycles. The van der Waals surface area contributed by atoms with Gasteiger partial charge in [-0.15, -0.1) is 0 Å². The van der Waals surface area contributed by atoms with Crippen molar-refractivity contribution in [3.8, 4) is 0 Å².